The summed E-state index contributed by atoms with van der Waals surface area (Å²) in [5.74, 6) is 0.609. The molecule has 4 nitrogen and oxygen atoms in total. The molecule has 0 saturated carbocycles. The first-order valence-corrected chi connectivity index (χ1v) is 6.74. The maximum atomic E-state index is 11.4. The first-order chi connectivity index (χ1) is 8.58. The van der Waals surface area contributed by atoms with Crippen molar-refractivity contribution in [2.45, 2.75) is 19.9 Å². The SMILES string of the molecule is CCNC(=O)COc1cc(Br)ccc1C(C)NC. The Kier molecular flexibility index (Phi) is 6.15. The number of rotatable bonds is 6. The zero-order chi connectivity index (χ0) is 13.5. The van der Waals surface area contributed by atoms with Crippen molar-refractivity contribution >= 4 is 21.8 Å². The molecule has 1 rings (SSSR count). The predicted octanol–water partition coefficient (Wildman–Crippen LogP) is 2.24. The Bertz CT molecular complexity index is 410. The molecular weight excluding hydrogens is 296 g/mol. The molecule has 1 unspecified atom stereocenters. The lowest BCUT2D eigenvalue weighted by Crippen LogP contribution is -2.28. The molecule has 0 aliphatic carbocycles. The summed E-state index contributed by atoms with van der Waals surface area (Å²) in [4.78, 5) is 11.4. The van der Waals surface area contributed by atoms with Crippen LogP contribution in [0.5, 0.6) is 5.75 Å². The number of likely N-dealkylation sites (N-methyl/N-ethyl adjacent to an activating group) is 1. The first-order valence-electron chi connectivity index (χ1n) is 5.94. The molecule has 0 heterocycles. The highest BCUT2D eigenvalue weighted by molar-refractivity contribution is 9.10. The molecule has 0 aliphatic heterocycles. The van der Waals surface area contributed by atoms with Gasteiger partial charge in [-0.15, -0.1) is 0 Å². The van der Waals surface area contributed by atoms with Crippen LogP contribution in [0.15, 0.2) is 22.7 Å². The van der Waals surface area contributed by atoms with E-state index in [1.807, 2.05) is 39.1 Å². The summed E-state index contributed by atoms with van der Waals surface area (Å²) in [6.07, 6.45) is 0. The van der Waals surface area contributed by atoms with E-state index in [2.05, 4.69) is 26.6 Å². The molecule has 2 N–H and O–H groups in total. The molecule has 5 heteroatoms. The molecule has 0 radical (unpaired) electrons. The van der Waals surface area contributed by atoms with Gasteiger partial charge in [0, 0.05) is 22.6 Å². The van der Waals surface area contributed by atoms with E-state index in [0.717, 1.165) is 15.8 Å². The molecular formula is C13H19BrN2O2. The van der Waals surface area contributed by atoms with Crippen molar-refractivity contribution in [1.82, 2.24) is 10.6 Å². The van der Waals surface area contributed by atoms with Crippen LogP contribution >= 0.6 is 15.9 Å². The maximum Gasteiger partial charge on any atom is 0.257 e. The third kappa shape index (κ3) is 4.31. The van der Waals surface area contributed by atoms with Crippen molar-refractivity contribution in [1.29, 1.82) is 0 Å². The number of hydrogen-bond donors (Lipinski definition) is 2. The van der Waals surface area contributed by atoms with Crippen molar-refractivity contribution in [3.63, 3.8) is 0 Å². The minimum Gasteiger partial charge on any atom is -0.483 e. The standard InChI is InChI=1S/C13H19BrN2O2/c1-4-16-13(17)8-18-12-7-10(14)5-6-11(12)9(2)15-3/h5-7,9,15H,4,8H2,1-3H3,(H,16,17). The smallest absolute Gasteiger partial charge is 0.257 e. The fourth-order valence-electron chi connectivity index (χ4n) is 1.54. The van der Waals surface area contributed by atoms with Gasteiger partial charge in [0.1, 0.15) is 5.75 Å². The summed E-state index contributed by atoms with van der Waals surface area (Å²) in [6.45, 7) is 4.57. The Morgan fingerprint density at radius 1 is 1.50 bits per heavy atom. The van der Waals surface area contributed by atoms with Crippen LogP contribution in [0, 0.1) is 0 Å². The van der Waals surface area contributed by atoms with E-state index in [0.29, 0.717) is 6.54 Å². The molecule has 0 spiro atoms. The highest BCUT2D eigenvalue weighted by atomic mass is 79.9. The third-order valence-corrected chi connectivity index (χ3v) is 3.10. The number of nitrogens with one attached hydrogen (secondary N) is 2. The molecule has 0 aliphatic rings. The highest BCUT2D eigenvalue weighted by Crippen LogP contribution is 2.28. The lowest BCUT2D eigenvalue weighted by atomic mass is 10.1. The predicted molar refractivity (Wildman–Crippen MR) is 75.8 cm³/mol. The molecule has 1 aromatic carbocycles. The number of carbonyl (C=O) groups is 1. The van der Waals surface area contributed by atoms with Crippen molar-refractivity contribution < 1.29 is 9.53 Å². The fourth-order valence-corrected chi connectivity index (χ4v) is 1.88. The normalized spacial score (nSPS) is 12.0. The molecule has 0 bridgehead atoms. The van der Waals surface area contributed by atoms with E-state index in [9.17, 15) is 4.79 Å². The molecule has 0 aromatic heterocycles. The Labute approximate surface area is 116 Å². The molecule has 18 heavy (non-hydrogen) atoms. The van der Waals surface area contributed by atoms with E-state index >= 15 is 0 Å². The second-order valence-corrected chi connectivity index (χ2v) is 4.85. The number of carbonyl (C=O) groups excluding carboxylic acids is 1. The fraction of sp³-hybridized carbons (Fsp3) is 0.462. The first kappa shape index (κ1) is 15.0. The average molecular weight is 315 g/mol. The van der Waals surface area contributed by atoms with Gasteiger partial charge in [0.2, 0.25) is 0 Å². The van der Waals surface area contributed by atoms with Crippen LogP contribution in [0.4, 0.5) is 0 Å². The number of benzene rings is 1. The Hall–Kier alpha value is -1.07. The zero-order valence-corrected chi connectivity index (χ0v) is 12.5. The van der Waals surface area contributed by atoms with Gasteiger partial charge < -0.3 is 15.4 Å². The highest BCUT2D eigenvalue weighted by Gasteiger charge is 2.11. The number of amides is 1. The van der Waals surface area contributed by atoms with E-state index < -0.39 is 0 Å². The lowest BCUT2D eigenvalue weighted by Gasteiger charge is -2.16. The van der Waals surface area contributed by atoms with Gasteiger partial charge in [0.15, 0.2) is 6.61 Å². The van der Waals surface area contributed by atoms with Crippen LogP contribution in [-0.4, -0.2) is 26.1 Å². The van der Waals surface area contributed by atoms with Crippen LogP contribution in [0.3, 0.4) is 0 Å². The summed E-state index contributed by atoms with van der Waals surface area (Å²) in [5.41, 5.74) is 1.03. The largest absolute Gasteiger partial charge is 0.483 e. The van der Waals surface area contributed by atoms with Gasteiger partial charge in [0.05, 0.1) is 0 Å². The van der Waals surface area contributed by atoms with Gasteiger partial charge in [-0.25, -0.2) is 0 Å². The molecule has 1 aromatic rings. The van der Waals surface area contributed by atoms with Crippen molar-refractivity contribution in [3.8, 4) is 5.75 Å². The maximum absolute atomic E-state index is 11.4. The van der Waals surface area contributed by atoms with Crippen LogP contribution in [0.25, 0.3) is 0 Å². The van der Waals surface area contributed by atoms with Crippen LogP contribution < -0.4 is 15.4 Å². The summed E-state index contributed by atoms with van der Waals surface area (Å²) < 4.78 is 6.50. The Balaban J connectivity index is 2.79. The Morgan fingerprint density at radius 3 is 2.83 bits per heavy atom. The summed E-state index contributed by atoms with van der Waals surface area (Å²) in [7, 11) is 1.89. The van der Waals surface area contributed by atoms with Crippen LogP contribution in [0.2, 0.25) is 0 Å². The quantitative estimate of drug-likeness (QED) is 0.846. The molecule has 0 fully saturated rings. The molecule has 1 amide bonds. The van der Waals surface area contributed by atoms with Gasteiger partial charge in [0.25, 0.3) is 5.91 Å². The van der Waals surface area contributed by atoms with E-state index in [1.54, 1.807) is 0 Å². The van der Waals surface area contributed by atoms with Gasteiger partial charge in [-0.05, 0) is 33.0 Å². The van der Waals surface area contributed by atoms with Gasteiger partial charge in [-0.1, -0.05) is 22.0 Å². The van der Waals surface area contributed by atoms with Crippen LogP contribution in [-0.2, 0) is 4.79 Å². The minimum absolute atomic E-state index is 0.0354. The van der Waals surface area contributed by atoms with E-state index in [-0.39, 0.29) is 18.6 Å². The monoisotopic (exact) mass is 314 g/mol. The molecule has 1 atom stereocenters. The number of halogens is 1. The minimum atomic E-state index is -0.111. The van der Waals surface area contributed by atoms with Gasteiger partial charge in [-0.3, -0.25) is 4.79 Å². The van der Waals surface area contributed by atoms with Crippen molar-refractivity contribution in [3.05, 3.63) is 28.2 Å². The lowest BCUT2D eigenvalue weighted by molar-refractivity contribution is -0.123. The Morgan fingerprint density at radius 2 is 2.22 bits per heavy atom. The van der Waals surface area contributed by atoms with Crippen LogP contribution in [0.1, 0.15) is 25.5 Å². The van der Waals surface area contributed by atoms with Crippen molar-refractivity contribution in [2.75, 3.05) is 20.2 Å². The van der Waals surface area contributed by atoms with E-state index in [4.69, 9.17) is 4.74 Å². The second-order valence-electron chi connectivity index (χ2n) is 3.93. The number of ether oxygens (including phenoxy) is 1. The van der Waals surface area contributed by atoms with Crippen molar-refractivity contribution in [2.24, 2.45) is 0 Å². The topological polar surface area (TPSA) is 50.4 Å². The molecule has 100 valence electrons. The summed E-state index contributed by atoms with van der Waals surface area (Å²) >= 11 is 3.40. The average Bonchev–Trinajstić information content (AvgIpc) is 2.36. The summed E-state index contributed by atoms with van der Waals surface area (Å²) in [6, 6.07) is 5.99. The number of hydrogen-bond acceptors (Lipinski definition) is 3. The van der Waals surface area contributed by atoms with E-state index in [1.165, 1.54) is 0 Å². The molecule has 0 saturated heterocycles. The van der Waals surface area contributed by atoms with Gasteiger partial charge >= 0.3 is 0 Å². The summed E-state index contributed by atoms with van der Waals surface area (Å²) in [5, 5.41) is 5.86. The zero-order valence-electron chi connectivity index (χ0n) is 10.9. The third-order valence-electron chi connectivity index (χ3n) is 2.61. The second kappa shape index (κ2) is 7.38. The van der Waals surface area contributed by atoms with Gasteiger partial charge in [-0.2, -0.15) is 0 Å².